The molecule has 8 heteroatoms. The number of phenolic OH excluding ortho intramolecular Hbond substituents is 1. The summed E-state index contributed by atoms with van der Waals surface area (Å²) in [6.07, 6.45) is 0.655. The van der Waals surface area contributed by atoms with Crippen LogP contribution < -0.4 is 10.6 Å². The minimum absolute atomic E-state index is 0.0928. The Bertz CT molecular complexity index is 1250. The zero-order valence-electron chi connectivity index (χ0n) is 17.3. The Morgan fingerprint density at radius 2 is 1.88 bits per heavy atom. The Labute approximate surface area is 188 Å². The van der Waals surface area contributed by atoms with Gasteiger partial charge in [0.2, 0.25) is 5.91 Å². The van der Waals surface area contributed by atoms with E-state index < -0.39 is 5.91 Å². The molecule has 4 rings (SSSR count). The summed E-state index contributed by atoms with van der Waals surface area (Å²) < 4.78 is 5.69. The maximum absolute atomic E-state index is 12.8. The number of anilines is 1. The van der Waals surface area contributed by atoms with E-state index >= 15 is 0 Å². The molecule has 0 aliphatic heterocycles. The number of carbonyl (C=O) groups is 2. The van der Waals surface area contributed by atoms with Gasteiger partial charge in [0.05, 0.1) is 12.1 Å². The van der Waals surface area contributed by atoms with Gasteiger partial charge in [-0.2, -0.15) is 0 Å². The number of nitrogens with one attached hydrogen (secondary N) is 2. The normalized spacial score (nSPS) is 10.7. The van der Waals surface area contributed by atoms with Gasteiger partial charge < -0.3 is 14.8 Å². The van der Waals surface area contributed by atoms with Crippen molar-refractivity contribution < 1.29 is 19.1 Å². The summed E-state index contributed by atoms with van der Waals surface area (Å²) in [6.45, 7) is 1.73. The van der Waals surface area contributed by atoms with Gasteiger partial charge in [-0.05, 0) is 41.8 Å². The van der Waals surface area contributed by atoms with Crippen LogP contribution in [0.3, 0.4) is 0 Å². The van der Waals surface area contributed by atoms with Crippen molar-refractivity contribution in [2.24, 2.45) is 0 Å². The first-order valence-electron chi connectivity index (χ1n) is 9.94. The van der Waals surface area contributed by atoms with E-state index in [1.165, 1.54) is 24.3 Å². The van der Waals surface area contributed by atoms with Crippen molar-refractivity contribution in [3.05, 3.63) is 88.5 Å². The van der Waals surface area contributed by atoms with Gasteiger partial charge in [0.25, 0.3) is 5.91 Å². The molecule has 0 saturated carbocycles. The first kappa shape index (κ1) is 21.3. The molecule has 3 N–H and O–H groups in total. The zero-order chi connectivity index (χ0) is 22.5. The highest BCUT2D eigenvalue weighted by atomic mass is 32.1. The molecule has 0 fully saturated rings. The monoisotopic (exact) mass is 447 g/mol. The largest absolute Gasteiger partial charge is 0.507 e. The molecule has 0 bridgehead atoms. The summed E-state index contributed by atoms with van der Waals surface area (Å²) in [5, 5.41) is 17.8. The summed E-state index contributed by atoms with van der Waals surface area (Å²) in [5.74, 6) is 0.468. The predicted octanol–water partition coefficient (Wildman–Crippen LogP) is 4.59. The number of phenols is 1. The van der Waals surface area contributed by atoms with Crippen LogP contribution in [0.2, 0.25) is 0 Å². The molecule has 0 aliphatic carbocycles. The molecular formula is C24H21N3O4S. The molecule has 32 heavy (non-hydrogen) atoms. The van der Waals surface area contributed by atoms with Crippen molar-refractivity contribution in [2.75, 3.05) is 5.32 Å². The molecule has 2 heterocycles. The molecule has 2 aromatic heterocycles. The van der Waals surface area contributed by atoms with E-state index in [9.17, 15) is 14.7 Å². The molecule has 2 aromatic carbocycles. The van der Waals surface area contributed by atoms with E-state index in [-0.39, 0.29) is 17.2 Å². The van der Waals surface area contributed by atoms with Crippen molar-refractivity contribution in [3.8, 4) is 17.2 Å². The number of nitrogens with zero attached hydrogens (tertiary/aromatic N) is 1. The number of amides is 2. The lowest BCUT2D eigenvalue weighted by atomic mass is 10.0. The van der Waals surface area contributed by atoms with Crippen LogP contribution in [0.1, 0.15) is 34.2 Å². The van der Waals surface area contributed by atoms with E-state index in [0.717, 1.165) is 11.1 Å². The summed E-state index contributed by atoms with van der Waals surface area (Å²) in [5.41, 5.74) is 2.79. The summed E-state index contributed by atoms with van der Waals surface area (Å²) >= 11 is 1.25. The number of thiazole rings is 1. The molecular weight excluding hydrogens is 426 g/mol. The second-order valence-corrected chi connectivity index (χ2v) is 8.04. The van der Waals surface area contributed by atoms with Crippen LogP contribution in [0.5, 0.6) is 5.75 Å². The Morgan fingerprint density at radius 1 is 1.06 bits per heavy atom. The molecule has 0 saturated heterocycles. The number of aromatic nitrogens is 1. The summed E-state index contributed by atoms with van der Waals surface area (Å²) in [7, 11) is 0. The van der Waals surface area contributed by atoms with Gasteiger partial charge in [0, 0.05) is 12.3 Å². The maximum atomic E-state index is 12.8. The second kappa shape index (κ2) is 9.49. The van der Waals surface area contributed by atoms with E-state index in [0.29, 0.717) is 35.3 Å². The lowest BCUT2D eigenvalue weighted by Crippen LogP contribution is -2.18. The molecule has 4 aromatic rings. The Hall–Kier alpha value is -3.91. The fourth-order valence-corrected chi connectivity index (χ4v) is 3.83. The number of furan rings is 1. The van der Waals surface area contributed by atoms with Crippen molar-refractivity contribution >= 4 is 28.3 Å². The number of hydrogen-bond donors (Lipinski definition) is 3. The zero-order valence-corrected chi connectivity index (χ0v) is 18.1. The van der Waals surface area contributed by atoms with Gasteiger partial charge in [-0.15, -0.1) is 11.3 Å². The molecule has 0 unspecified atom stereocenters. The Balaban J connectivity index is 1.45. The highest BCUT2D eigenvalue weighted by Crippen LogP contribution is 2.28. The molecule has 0 aliphatic rings. The van der Waals surface area contributed by atoms with Gasteiger partial charge in [0.1, 0.15) is 17.2 Å². The van der Waals surface area contributed by atoms with Crippen LogP contribution in [0, 0.1) is 0 Å². The SMILES string of the molecule is CC(=O)NCc1ccc(-c2csc(NC(=O)c3cc(Cc4ccccc4)ccc3O)n2)o1. The number of benzene rings is 2. The fraction of sp³-hybridized carbons (Fsp3) is 0.125. The van der Waals surface area contributed by atoms with Crippen molar-refractivity contribution in [3.63, 3.8) is 0 Å². The van der Waals surface area contributed by atoms with Gasteiger partial charge in [-0.3, -0.25) is 14.9 Å². The highest BCUT2D eigenvalue weighted by molar-refractivity contribution is 7.14. The van der Waals surface area contributed by atoms with E-state index in [2.05, 4.69) is 15.6 Å². The first-order chi connectivity index (χ1) is 15.5. The third-order valence-electron chi connectivity index (χ3n) is 4.71. The van der Waals surface area contributed by atoms with Crippen LogP contribution in [0.4, 0.5) is 5.13 Å². The smallest absolute Gasteiger partial charge is 0.261 e. The topological polar surface area (TPSA) is 104 Å². The van der Waals surface area contributed by atoms with Gasteiger partial charge in [-0.1, -0.05) is 36.4 Å². The molecule has 0 radical (unpaired) electrons. The average molecular weight is 448 g/mol. The van der Waals surface area contributed by atoms with Crippen LogP contribution >= 0.6 is 11.3 Å². The molecule has 0 atom stereocenters. The van der Waals surface area contributed by atoms with Crippen LogP contribution in [0.15, 0.2) is 70.5 Å². The van der Waals surface area contributed by atoms with Crippen LogP contribution in [0.25, 0.3) is 11.5 Å². The van der Waals surface area contributed by atoms with Gasteiger partial charge in [-0.25, -0.2) is 4.98 Å². The Morgan fingerprint density at radius 3 is 2.66 bits per heavy atom. The van der Waals surface area contributed by atoms with Crippen molar-refractivity contribution in [2.45, 2.75) is 19.9 Å². The molecule has 7 nitrogen and oxygen atoms in total. The van der Waals surface area contributed by atoms with Crippen LogP contribution in [-0.2, 0) is 17.8 Å². The minimum Gasteiger partial charge on any atom is -0.507 e. The number of carbonyl (C=O) groups excluding carboxylic acids is 2. The second-order valence-electron chi connectivity index (χ2n) is 7.18. The van der Waals surface area contributed by atoms with Crippen LogP contribution in [-0.4, -0.2) is 21.9 Å². The number of hydrogen-bond acceptors (Lipinski definition) is 6. The number of rotatable bonds is 7. The van der Waals surface area contributed by atoms with E-state index in [4.69, 9.17) is 4.42 Å². The molecule has 162 valence electrons. The molecule has 0 spiro atoms. The number of aromatic hydroxyl groups is 1. The Kier molecular flexibility index (Phi) is 6.32. The van der Waals surface area contributed by atoms with Gasteiger partial charge >= 0.3 is 0 Å². The maximum Gasteiger partial charge on any atom is 0.261 e. The third kappa shape index (κ3) is 5.22. The lowest BCUT2D eigenvalue weighted by Gasteiger charge is -2.08. The summed E-state index contributed by atoms with van der Waals surface area (Å²) in [6, 6.07) is 18.4. The average Bonchev–Trinajstić information content (AvgIpc) is 3.44. The minimum atomic E-state index is -0.441. The quantitative estimate of drug-likeness (QED) is 0.384. The van der Waals surface area contributed by atoms with E-state index in [1.807, 2.05) is 30.3 Å². The fourth-order valence-electron chi connectivity index (χ4n) is 3.14. The standard InChI is InChI=1S/C24H21N3O4S/c1-15(28)25-13-18-8-10-22(31-18)20-14-32-24(26-20)27-23(30)19-12-17(7-9-21(19)29)11-16-5-3-2-4-6-16/h2-10,12,14,29H,11,13H2,1H3,(H,25,28)(H,26,27,30). The van der Waals surface area contributed by atoms with Gasteiger partial charge in [0.15, 0.2) is 10.9 Å². The molecule has 2 amide bonds. The van der Waals surface area contributed by atoms with Crippen molar-refractivity contribution in [1.82, 2.24) is 10.3 Å². The highest BCUT2D eigenvalue weighted by Gasteiger charge is 2.16. The van der Waals surface area contributed by atoms with E-state index in [1.54, 1.807) is 29.6 Å². The van der Waals surface area contributed by atoms with Crippen molar-refractivity contribution in [1.29, 1.82) is 0 Å². The first-order valence-corrected chi connectivity index (χ1v) is 10.8. The summed E-state index contributed by atoms with van der Waals surface area (Å²) in [4.78, 5) is 28.2. The lowest BCUT2D eigenvalue weighted by molar-refractivity contribution is -0.119. The predicted molar refractivity (Wildman–Crippen MR) is 123 cm³/mol. The third-order valence-corrected chi connectivity index (χ3v) is 5.46.